The number of urea groups is 1. The van der Waals surface area contributed by atoms with Crippen molar-refractivity contribution in [2.75, 3.05) is 4.90 Å². The van der Waals surface area contributed by atoms with Crippen LogP contribution in [0.25, 0.3) is 6.08 Å². The zero-order valence-corrected chi connectivity index (χ0v) is 22.6. The predicted octanol–water partition coefficient (Wildman–Crippen LogP) is 6.07. The summed E-state index contributed by atoms with van der Waals surface area (Å²) in [4.78, 5) is 50.0. The molecule has 1 N–H and O–H groups in total. The van der Waals surface area contributed by atoms with Gasteiger partial charge in [0.25, 0.3) is 17.5 Å². The van der Waals surface area contributed by atoms with Crippen LogP contribution in [0, 0.1) is 10.1 Å². The van der Waals surface area contributed by atoms with Crippen LogP contribution >= 0.6 is 11.6 Å². The molecular weight excluding hydrogens is 562 g/mol. The molecule has 0 aromatic heterocycles. The molecule has 1 aliphatic heterocycles. The summed E-state index contributed by atoms with van der Waals surface area (Å²) in [5, 5.41) is 13.7. The largest absolute Gasteiger partial charge is 0.489 e. The van der Waals surface area contributed by atoms with Gasteiger partial charge in [0.2, 0.25) is 0 Å². The number of amides is 4. The number of nitro groups is 1. The van der Waals surface area contributed by atoms with E-state index in [0.717, 1.165) is 10.5 Å². The number of halogens is 1. The first kappa shape index (κ1) is 28.1. The molecule has 42 heavy (non-hydrogen) atoms. The first-order valence-corrected chi connectivity index (χ1v) is 13.0. The maximum atomic E-state index is 13.4. The number of para-hydroxylation sites is 1. The highest BCUT2D eigenvalue weighted by Gasteiger charge is 2.37. The Morgan fingerprint density at radius 2 is 1.52 bits per heavy atom. The molecule has 4 amide bonds. The number of barbiturate groups is 1. The van der Waals surface area contributed by atoms with Gasteiger partial charge in [0, 0.05) is 28.3 Å². The molecule has 1 saturated heterocycles. The van der Waals surface area contributed by atoms with Crippen LogP contribution in [0.5, 0.6) is 11.5 Å². The highest BCUT2D eigenvalue weighted by molar-refractivity contribution is 6.39. The molecule has 11 heteroatoms. The number of hydrogen-bond acceptors (Lipinski definition) is 7. The van der Waals surface area contributed by atoms with E-state index in [4.69, 9.17) is 21.1 Å². The second-order valence-corrected chi connectivity index (χ2v) is 9.49. The molecule has 0 atom stereocenters. The third kappa shape index (κ3) is 6.29. The van der Waals surface area contributed by atoms with E-state index in [1.54, 1.807) is 54.6 Å². The number of imide groups is 2. The quantitative estimate of drug-likeness (QED) is 0.110. The minimum absolute atomic E-state index is 0.0379. The summed E-state index contributed by atoms with van der Waals surface area (Å²) in [6.07, 6.45) is 1.35. The highest BCUT2D eigenvalue weighted by Crippen LogP contribution is 2.28. The van der Waals surface area contributed by atoms with Crippen LogP contribution in [0.2, 0.25) is 5.02 Å². The number of nitrogens with one attached hydrogen (secondary N) is 1. The summed E-state index contributed by atoms with van der Waals surface area (Å²) in [5.41, 5.74) is 1.85. The van der Waals surface area contributed by atoms with Gasteiger partial charge in [-0.05, 0) is 60.2 Å². The molecule has 210 valence electrons. The Labute approximate surface area is 244 Å². The van der Waals surface area contributed by atoms with Crippen LogP contribution in [-0.4, -0.2) is 22.8 Å². The zero-order valence-electron chi connectivity index (χ0n) is 21.9. The fourth-order valence-corrected chi connectivity index (χ4v) is 4.31. The van der Waals surface area contributed by atoms with Crippen molar-refractivity contribution in [2.24, 2.45) is 0 Å². The van der Waals surface area contributed by atoms with Crippen LogP contribution in [-0.2, 0) is 22.8 Å². The average Bonchev–Trinajstić information content (AvgIpc) is 2.99. The standard InChI is InChI=1S/C31H22ClN3O7/c32-27-7-3-1-6-22(27)19-41-25-15-13-23(14-16-25)34-30(37)26(29(36)33-31(34)38)17-21-5-2-4-8-28(21)42-18-20-9-11-24(12-10-20)35(39)40/h1-17H,18-19H2,(H,33,36,38)/b26-17+. The summed E-state index contributed by atoms with van der Waals surface area (Å²) in [6.45, 7) is 0.322. The van der Waals surface area contributed by atoms with Crippen molar-refractivity contribution in [3.63, 3.8) is 0 Å². The van der Waals surface area contributed by atoms with Crippen molar-refractivity contribution in [1.29, 1.82) is 0 Å². The number of carbonyl (C=O) groups excluding carboxylic acids is 3. The molecule has 0 saturated carbocycles. The minimum Gasteiger partial charge on any atom is -0.489 e. The van der Waals surface area contributed by atoms with Gasteiger partial charge in [-0.2, -0.15) is 0 Å². The molecule has 5 rings (SSSR count). The maximum absolute atomic E-state index is 13.4. The van der Waals surface area contributed by atoms with Crippen molar-refractivity contribution in [3.8, 4) is 11.5 Å². The smallest absolute Gasteiger partial charge is 0.335 e. The molecule has 0 bridgehead atoms. The molecule has 1 fully saturated rings. The Morgan fingerprint density at radius 3 is 2.24 bits per heavy atom. The molecule has 4 aromatic rings. The van der Waals surface area contributed by atoms with Crippen molar-refractivity contribution < 1.29 is 28.8 Å². The lowest BCUT2D eigenvalue weighted by Gasteiger charge is -2.26. The van der Waals surface area contributed by atoms with Gasteiger partial charge in [-0.15, -0.1) is 0 Å². The Bertz CT molecular complexity index is 1700. The van der Waals surface area contributed by atoms with Crippen molar-refractivity contribution in [3.05, 3.63) is 134 Å². The lowest BCUT2D eigenvalue weighted by Crippen LogP contribution is -2.54. The van der Waals surface area contributed by atoms with E-state index in [-0.39, 0.29) is 30.2 Å². The molecule has 1 heterocycles. The predicted molar refractivity (Wildman–Crippen MR) is 155 cm³/mol. The molecule has 0 radical (unpaired) electrons. The van der Waals surface area contributed by atoms with E-state index in [1.165, 1.54) is 30.3 Å². The SMILES string of the molecule is O=C1NC(=O)N(c2ccc(OCc3ccccc3Cl)cc2)C(=O)/C1=C/c1ccccc1OCc1ccc([N+](=O)[O-])cc1. The number of ether oxygens (including phenoxy) is 2. The molecule has 0 aliphatic carbocycles. The van der Waals surface area contributed by atoms with Gasteiger partial charge in [-0.1, -0.05) is 48.0 Å². The number of nitro benzene ring substituents is 1. The summed E-state index contributed by atoms with van der Waals surface area (Å²) in [7, 11) is 0. The van der Waals surface area contributed by atoms with Gasteiger partial charge in [0.05, 0.1) is 10.6 Å². The van der Waals surface area contributed by atoms with Crippen LogP contribution in [0.1, 0.15) is 16.7 Å². The van der Waals surface area contributed by atoms with E-state index in [9.17, 15) is 24.5 Å². The third-order valence-corrected chi connectivity index (χ3v) is 6.68. The topological polar surface area (TPSA) is 128 Å². The number of nitrogens with zero attached hydrogens (tertiary/aromatic N) is 2. The fourth-order valence-electron chi connectivity index (χ4n) is 4.12. The van der Waals surface area contributed by atoms with E-state index >= 15 is 0 Å². The van der Waals surface area contributed by atoms with Gasteiger partial charge >= 0.3 is 6.03 Å². The van der Waals surface area contributed by atoms with E-state index in [1.807, 2.05) is 18.2 Å². The van der Waals surface area contributed by atoms with Gasteiger partial charge in [0.1, 0.15) is 30.3 Å². The fraction of sp³-hybridized carbons (Fsp3) is 0.0645. The number of hydrogen-bond donors (Lipinski definition) is 1. The summed E-state index contributed by atoms with van der Waals surface area (Å²) in [5.74, 6) is -0.785. The van der Waals surface area contributed by atoms with Crippen molar-refractivity contribution in [2.45, 2.75) is 13.2 Å². The second-order valence-electron chi connectivity index (χ2n) is 9.08. The third-order valence-electron chi connectivity index (χ3n) is 6.31. The van der Waals surface area contributed by atoms with Crippen molar-refractivity contribution in [1.82, 2.24) is 5.32 Å². The molecule has 0 spiro atoms. The lowest BCUT2D eigenvalue weighted by atomic mass is 10.1. The molecule has 4 aromatic carbocycles. The first-order valence-electron chi connectivity index (χ1n) is 12.6. The summed E-state index contributed by atoms with van der Waals surface area (Å²) < 4.78 is 11.7. The molecule has 0 unspecified atom stereocenters. The van der Waals surface area contributed by atoms with Crippen LogP contribution < -0.4 is 19.7 Å². The van der Waals surface area contributed by atoms with Crippen LogP contribution in [0.3, 0.4) is 0 Å². The van der Waals surface area contributed by atoms with Gasteiger partial charge < -0.3 is 9.47 Å². The number of rotatable bonds is 9. The highest BCUT2D eigenvalue weighted by atomic mass is 35.5. The minimum atomic E-state index is -0.880. The number of non-ortho nitro benzene ring substituents is 1. The van der Waals surface area contributed by atoms with Crippen molar-refractivity contribution >= 4 is 46.9 Å². The number of anilines is 1. The Hall–Kier alpha value is -5.48. The Kier molecular flexibility index (Phi) is 8.26. The van der Waals surface area contributed by atoms with Crippen LogP contribution in [0.15, 0.2) is 103 Å². The zero-order chi connectivity index (χ0) is 29.6. The van der Waals surface area contributed by atoms with E-state index < -0.39 is 22.8 Å². The Balaban J connectivity index is 1.32. The normalized spacial score (nSPS) is 14.1. The molecule has 10 nitrogen and oxygen atoms in total. The van der Waals surface area contributed by atoms with Gasteiger partial charge in [0.15, 0.2) is 0 Å². The number of carbonyl (C=O) groups is 3. The number of benzene rings is 4. The summed E-state index contributed by atoms with van der Waals surface area (Å²) in [6, 6.07) is 25.3. The second kappa shape index (κ2) is 12.4. The van der Waals surface area contributed by atoms with Gasteiger partial charge in [-0.25, -0.2) is 9.69 Å². The molecular formula is C31H22ClN3O7. The van der Waals surface area contributed by atoms with E-state index in [0.29, 0.717) is 27.6 Å². The van der Waals surface area contributed by atoms with E-state index in [2.05, 4.69) is 5.32 Å². The van der Waals surface area contributed by atoms with Crippen LogP contribution in [0.4, 0.5) is 16.2 Å². The van der Waals surface area contributed by atoms with Gasteiger partial charge in [-0.3, -0.25) is 25.0 Å². The average molecular weight is 584 g/mol. The summed E-state index contributed by atoms with van der Waals surface area (Å²) >= 11 is 6.17. The lowest BCUT2D eigenvalue weighted by molar-refractivity contribution is -0.384. The maximum Gasteiger partial charge on any atom is 0.335 e. The molecule has 1 aliphatic rings. The monoisotopic (exact) mass is 583 g/mol. The first-order chi connectivity index (χ1) is 20.3. The Morgan fingerprint density at radius 1 is 0.833 bits per heavy atom.